The monoisotopic (exact) mass is 282 g/mol. The lowest BCUT2D eigenvalue weighted by atomic mass is 10.1. The highest BCUT2D eigenvalue weighted by Crippen LogP contribution is 2.51. The molecule has 1 N–H and O–H groups in total. The van der Waals surface area contributed by atoms with Gasteiger partial charge in [-0.2, -0.15) is 16.9 Å². The molecular formula is C14H22N2O2S. The third-order valence-corrected chi connectivity index (χ3v) is 5.16. The zero-order chi connectivity index (χ0) is 13.9. The molecule has 0 amide bonds. The highest BCUT2D eigenvalue weighted by molar-refractivity contribution is 7.98. The molecule has 19 heavy (non-hydrogen) atoms. The highest BCUT2D eigenvalue weighted by atomic mass is 32.2. The Morgan fingerprint density at radius 2 is 2.37 bits per heavy atom. The van der Waals surface area contributed by atoms with E-state index in [1.54, 1.807) is 0 Å². The minimum absolute atomic E-state index is 0.0791. The van der Waals surface area contributed by atoms with Crippen LogP contribution in [0.5, 0.6) is 0 Å². The fourth-order valence-electron chi connectivity index (χ4n) is 2.13. The number of nitrogens with zero attached hydrogens (tertiary/aromatic N) is 2. The van der Waals surface area contributed by atoms with Gasteiger partial charge in [0.25, 0.3) is 0 Å². The van der Waals surface area contributed by atoms with E-state index in [-0.39, 0.29) is 5.41 Å². The lowest BCUT2D eigenvalue weighted by Crippen LogP contribution is -2.11. The van der Waals surface area contributed by atoms with Gasteiger partial charge in [0.05, 0.1) is 12.1 Å². The summed E-state index contributed by atoms with van der Waals surface area (Å²) >= 11 is 1.81. The Bertz CT molecular complexity index is 440. The molecule has 1 heterocycles. The predicted octanol–water partition coefficient (Wildman–Crippen LogP) is 3.34. The molecule has 1 aliphatic rings. The van der Waals surface area contributed by atoms with Crippen LogP contribution in [0, 0.1) is 5.41 Å². The number of hydrogen-bond donors (Lipinski definition) is 1. The first-order valence-corrected chi connectivity index (χ1v) is 8.04. The summed E-state index contributed by atoms with van der Waals surface area (Å²) in [4.78, 5) is 10.8. The van der Waals surface area contributed by atoms with Crippen LogP contribution < -0.4 is 0 Å². The van der Waals surface area contributed by atoms with Crippen LogP contribution in [-0.2, 0) is 10.5 Å². The van der Waals surface area contributed by atoms with Crippen molar-refractivity contribution in [3.05, 3.63) is 18.0 Å². The van der Waals surface area contributed by atoms with Crippen molar-refractivity contribution in [3.63, 3.8) is 0 Å². The molecule has 2 rings (SSSR count). The van der Waals surface area contributed by atoms with Crippen LogP contribution in [0.15, 0.2) is 12.3 Å². The van der Waals surface area contributed by atoms with Crippen molar-refractivity contribution in [2.24, 2.45) is 5.41 Å². The van der Waals surface area contributed by atoms with Crippen LogP contribution in [0.3, 0.4) is 0 Å². The molecule has 1 aliphatic carbocycles. The number of hydrogen-bond acceptors (Lipinski definition) is 3. The first-order valence-electron chi connectivity index (χ1n) is 6.88. The number of thioether (sulfide) groups is 1. The third kappa shape index (κ3) is 4.00. The van der Waals surface area contributed by atoms with Crippen LogP contribution in [0.25, 0.3) is 0 Å². The van der Waals surface area contributed by atoms with Crippen molar-refractivity contribution in [1.82, 2.24) is 9.78 Å². The Balaban J connectivity index is 1.77. The van der Waals surface area contributed by atoms with E-state index in [4.69, 9.17) is 5.11 Å². The minimum atomic E-state index is -0.667. The average Bonchev–Trinajstić information content (AvgIpc) is 2.94. The number of aromatic nitrogens is 2. The summed E-state index contributed by atoms with van der Waals surface area (Å²) < 4.78 is 2.01. The van der Waals surface area contributed by atoms with Gasteiger partial charge in [0, 0.05) is 18.0 Å². The molecule has 0 saturated heterocycles. The molecule has 1 fully saturated rings. The fourth-order valence-corrected chi connectivity index (χ4v) is 3.42. The molecular weight excluding hydrogens is 260 g/mol. The highest BCUT2D eigenvalue weighted by Gasteiger charge is 2.44. The van der Waals surface area contributed by atoms with Gasteiger partial charge in [0.1, 0.15) is 0 Å². The molecule has 1 aromatic rings. The number of carboxylic acids is 1. The van der Waals surface area contributed by atoms with E-state index in [1.807, 2.05) is 22.6 Å². The van der Waals surface area contributed by atoms with Crippen molar-refractivity contribution in [1.29, 1.82) is 0 Å². The van der Waals surface area contributed by atoms with Gasteiger partial charge in [-0.05, 0) is 43.4 Å². The quantitative estimate of drug-likeness (QED) is 0.794. The predicted molar refractivity (Wildman–Crippen MR) is 77.3 cm³/mol. The van der Waals surface area contributed by atoms with Gasteiger partial charge < -0.3 is 5.11 Å². The SMILES string of the molecule is CCC(C)n1ccc(CSCC2(CC(=O)O)CC2)n1. The maximum atomic E-state index is 10.8. The average molecular weight is 282 g/mol. The van der Waals surface area contributed by atoms with Crippen molar-refractivity contribution < 1.29 is 9.90 Å². The Morgan fingerprint density at radius 3 is 2.95 bits per heavy atom. The summed E-state index contributed by atoms with van der Waals surface area (Å²) in [6, 6.07) is 2.51. The lowest BCUT2D eigenvalue weighted by molar-refractivity contribution is -0.138. The second kappa shape index (κ2) is 5.99. The molecule has 1 unspecified atom stereocenters. The molecule has 1 aromatic heterocycles. The lowest BCUT2D eigenvalue weighted by Gasteiger charge is -2.11. The standard InChI is InChI=1S/C14H22N2O2S/c1-3-11(2)16-7-4-12(15-16)9-19-10-14(5-6-14)8-13(17)18/h4,7,11H,3,5-6,8-10H2,1-2H3,(H,17,18). The second-order valence-corrected chi connectivity index (χ2v) is 6.59. The smallest absolute Gasteiger partial charge is 0.303 e. The maximum absolute atomic E-state index is 10.8. The van der Waals surface area contributed by atoms with Gasteiger partial charge in [-0.25, -0.2) is 0 Å². The van der Waals surface area contributed by atoms with Crippen molar-refractivity contribution in [3.8, 4) is 0 Å². The Morgan fingerprint density at radius 1 is 1.63 bits per heavy atom. The Kier molecular flexibility index (Phi) is 4.55. The normalized spacial score (nSPS) is 18.2. The van der Waals surface area contributed by atoms with Gasteiger partial charge in [-0.1, -0.05) is 6.92 Å². The summed E-state index contributed by atoms with van der Waals surface area (Å²) in [6.07, 6.45) is 5.56. The summed E-state index contributed by atoms with van der Waals surface area (Å²) in [5.41, 5.74) is 1.17. The molecule has 1 atom stereocenters. The maximum Gasteiger partial charge on any atom is 0.303 e. The van der Waals surface area contributed by atoms with Crippen LogP contribution in [0.4, 0.5) is 0 Å². The van der Waals surface area contributed by atoms with Crippen molar-refractivity contribution in [2.45, 2.75) is 51.3 Å². The topological polar surface area (TPSA) is 55.1 Å². The van der Waals surface area contributed by atoms with Crippen LogP contribution in [0.2, 0.25) is 0 Å². The zero-order valence-electron chi connectivity index (χ0n) is 11.6. The van der Waals surface area contributed by atoms with Gasteiger partial charge in [-0.15, -0.1) is 0 Å². The van der Waals surface area contributed by atoms with Crippen LogP contribution in [0.1, 0.15) is 51.3 Å². The molecule has 1 saturated carbocycles. The fraction of sp³-hybridized carbons (Fsp3) is 0.714. The van der Waals surface area contributed by atoms with Gasteiger partial charge in [-0.3, -0.25) is 9.48 Å². The van der Waals surface area contributed by atoms with E-state index >= 15 is 0 Å². The largest absolute Gasteiger partial charge is 0.481 e. The van der Waals surface area contributed by atoms with Crippen LogP contribution in [-0.4, -0.2) is 26.6 Å². The van der Waals surface area contributed by atoms with Crippen molar-refractivity contribution >= 4 is 17.7 Å². The Labute approximate surface area is 118 Å². The molecule has 0 aliphatic heterocycles. The molecule has 106 valence electrons. The van der Waals surface area contributed by atoms with Gasteiger partial charge >= 0.3 is 5.97 Å². The third-order valence-electron chi connectivity index (χ3n) is 3.85. The van der Waals surface area contributed by atoms with E-state index in [1.165, 1.54) is 0 Å². The van der Waals surface area contributed by atoms with Gasteiger partial charge in [0.15, 0.2) is 0 Å². The van der Waals surface area contributed by atoms with E-state index in [0.29, 0.717) is 12.5 Å². The Hall–Kier alpha value is -0.970. The zero-order valence-corrected chi connectivity index (χ0v) is 12.4. The van der Waals surface area contributed by atoms with Crippen LogP contribution >= 0.6 is 11.8 Å². The van der Waals surface area contributed by atoms with E-state index in [9.17, 15) is 4.79 Å². The molecule has 0 spiro atoms. The summed E-state index contributed by atoms with van der Waals surface area (Å²) in [5.74, 6) is 1.15. The summed E-state index contributed by atoms with van der Waals surface area (Å²) in [7, 11) is 0. The molecule has 5 heteroatoms. The molecule has 4 nitrogen and oxygen atoms in total. The molecule has 0 bridgehead atoms. The first kappa shape index (κ1) is 14.4. The molecule has 0 radical (unpaired) electrons. The molecule has 0 aromatic carbocycles. The number of carbonyl (C=O) groups is 1. The number of rotatable bonds is 8. The summed E-state index contributed by atoms with van der Waals surface area (Å²) in [6.45, 7) is 4.32. The van der Waals surface area contributed by atoms with Crippen molar-refractivity contribution in [2.75, 3.05) is 5.75 Å². The summed E-state index contributed by atoms with van der Waals surface area (Å²) in [5, 5.41) is 13.4. The minimum Gasteiger partial charge on any atom is -0.481 e. The van der Waals surface area contributed by atoms with E-state index < -0.39 is 5.97 Å². The number of aliphatic carboxylic acids is 1. The van der Waals surface area contributed by atoms with E-state index in [0.717, 1.165) is 36.5 Å². The first-order chi connectivity index (χ1) is 9.04. The van der Waals surface area contributed by atoms with Gasteiger partial charge in [0.2, 0.25) is 0 Å². The number of carboxylic acid groups (broad SMARTS) is 1. The van der Waals surface area contributed by atoms with E-state index in [2.05, 4.69) is 25.0 Å². The second-order valence-electron chi connectivity index (χ2n) is 5.61.